The molecule has 0 aliphatic carbocycles. The highest BCUT2D eigenvalue weighted by Crippen LogP contribution is 2.36. The van der Waals surface area contributed by atoms with E-state index in [1.54, 1.807) is 37.3 Å². The molecule has 0 atom stereocenters. The summed E-state index contributed by atoms with van der Waals surface area (Å²) >= 11 is 5.67. The summed E-state index contributed by atoms with van der Waals surface area (Å²) in [6.45, 7) is 0.746. The SMILES string of the molecule is Cc1nc(-c2ccccc2)n(CC(=O)Nc2ccc(Cl)cc2C(F)(F)F)c(=O)c1CCO. The first kappa shape index (κ1) is 23.5. The molecule has 6 nitrogen and oxygen atoms in total. The van der Waals surface area contributed by atoms with Crippen molar-refractivity contribution in [2.75, 3.05) is 11.9 Å². The van der Waals surface area contributed by atoms with Crippen LogP contribution in [0.2, 0.25) is 5.02 Å². The Hall–Kier alpha value is -3.17. The Labute approximate surface area is 186 Å². The monoisotopic (exact) mass is 465 g/mol. The Bertz CT molecular complexity index is 1190. The number of hydrogen-bond donors (Lipinski definition) is 2. The van der Waals surface area contributed by atoms with E-state index in [0.29, 0.717) is 17.3 Å². The lowest BCUT2D eigenvalue weighted by Gasteiger charge is -2.17. The van der Waals surface area contributed by atoms with E-state index >= 15 is 0 Å². The van der Waals surface area contributed by atoms with E-state index in [0.717, 1.165) is 10.6 Å². The molecule has 0 radical (unpaired) electrons. The number of halogens is 4. The maximum Gasteiger partial charge on any atom is 0.418 e. The minimum Gasteiger partial charge on any atom is -0.396 e. The summed E-state index contributed by atoms with van der Waals surface area (Å²) < 4.78 is 41.1. The fourth-order valence-corrected chi connectivity index (χ4v) is 3.42. The molecule has 32 heavy (non-hydrogen) atoms. The lowest BCUT2D eigenvalue weighted by molar-refractivity contribution is -0.137. The van der Waals surface area contributed by atoms with Gasteiger partial charge in [0.2, 0.25) is 5.91 Å². The van der Waals surface area contributed by atoms with Crippen LogP contribution in [0.15, 0.2) is 53.3 Å². The molecule has 3 rings (SSSR count). The average Bonchev–Trinajstić information content (AvgIpc) is 2.74. The van der Waals surface area contributed by atoms with E-state index in [4.69, 9.17) is 11.6 Å². The summed E-state index contributed by atoms with van der Waals surface area (Å²) in [6.07, 6.45) is -4.71. The number of alkyl halides is 3. The number of amides is 1. The summed E-state index contributed by atoms with van der Waals surface area (Å²) in [5, 5.41) is 11.4. The van der Waals surface area contributed by atoms with Crippen molar-refractivity contribution < 1.29 is 23.1 Å². The van der Waals surface area contributed by atoms with Crippen molar-refractivity contribution in [3.63, 3.8) is 0 Å². The number of aliphatic hydroxyl groups excluding tert-OH is 1. The standard InChI is InChI=1S/C22H19ClF3N3O3/c1-13-16(9-10-30)21(32)29(20(27-13)14-5-3-2-4-6-14)12-19(31)28-18-8-7-15(23)11-17(18)22(24,25)26/h2-8,11,30H,9-10,12H2,1H3,(H,28,31). The molecule has 0 aliphatic rings. The number of nitrogens with zero attached hydrogens (tertiary/aromatic N) is 2. The van der Waals surface area contributed by atoms with Crippen molar-refractivity contribution in [2.24, 2.45) is 0 Å². The lowest BCUT2D eigenvalue weighted by atomic mass is 10.1. The highest BCUT2D eigenvalue weighted by molar-refractivity contribution is 6.30. The zero-order valence-electron chi connectivity index (χ0n) is 16.9. The fraction of sp³-hybridized carbons (Fsp3) is 0.227. The number of aliphatic hydroxyl groups is 1. The molecule has 0 unspecified atom stereocenters. The summed E-state index contributed by atoms with van der Waals surface area (Å²) in [6, 6.07) is 11.6. The van der Waals surface area contributed by atoms with Crippen LogP contribution in [0.5, 0.6) is 0 Å². The van der Waals surface area contributed by atoms with Gasteiger partial charge in [0.05, 0.1) is 11.3 Å². The molecule has 1 heterocycles. The first-order valence-corrected chi connectivity index (χ1v) is 9.92. The molecule has 1 amide bonds. The lowest BCUT2D eigenvalue weighted by Crippen LogP contribution is -2.33. The molecule has 1 aromatic heterocycles. The summed E-state index contributed by atoms with van der Waals surface area (Å²) in [7, 11) is 0. The first-order valence-electron chi connectivity index (χ1n) is 9.55. The van der Waals surface area contributed by atoms with E-state index in [1.807, 2.05) is 0 Å². The molecule has 2 aromatic carbocycles. The molecular formula is C22H19ClF3N3O3. The van der Waals surface area contributed by atoms with Crippen LogP contribution in [0.25, 0.3) is 11.4 Å². The van der Waals surface area contributed by atoms with E-state index in [-0.39, 0.29) is 29.4 Å². The van der Waals surface area contributed by atoms with Gasteiger partial charge in [0.15, 0.2) is 0 Å². The quantitative estimate of drug-likeness (QED) is 0.575. The van der Waals surface area contributed by atoms with Gasteiger partial charge in [-0.25, -0.2) is 4.98 Å². The van der Waals surface area contributed by atoms with Gasteiger partial charge in [0.25, 0.3) is 5.56 Å². The molecule has 168 valence electrons. The summed E-state index contributed by atoms with van der Waals surface area (Å²) in [5.41, 5.74) is -0.945. The van der Waals surface area contributed by atoms with E-state index < -0.39 is 35.4 Å². The van der Waals surface area contributed by atoms with Crippen LogP contribution < -0.4 is 10.9 Å². The second-order valence-electron chi connectivity index (χ2n) is 6.97. The average molecular weight is 466 g/mol. The van der Waals surface area contributed by atoms with E-state index in [2.05, 4.69) is 10.3 Å². The Kier molecular flexibility index (Phi) is 7.00. The van der Waals surface area contributed by atoms with Gasteiger partial charge in [-0.3, -0.25) is 14.2 Å². The predicted molar refractivity (Wildman–Crippen MR) is 115 cm³/mol. The van der Waals surface area contributed by atoms with Crippen molar-refractivity contribution in [2.45, 2.75) is 26.1 Å². The Morgan fingerprint density at radius 2 is 1.88 bits per heavy atom. The van der Waals surface area contributed by atoms with Gasteiger partial charge in [-0.1, -0.05) is 41.9 Å². The number of aromatic nitrogens is 2. The van der Waals surface area contributed by atoms with Crippen LogP contribution in [-0.4, -0.2) is 27.2 Å². The second kappa shape index (κ2) is 9.54. The number of carbonyl (C=O) groups excluding carboxylic acids is 1. The molecule has 0 fully saturated rings. The van der Waals surface area contributed by atoms with Gasteiger partial charge in [0.1, 0.15) is 12.4 Å². The minimum atomic E-state index is -4.74. The van der Waals surface area contributed by atoms with Gasteiger partial charge in [-0.15, -0.1) is 0 Å². The molecule has 0 spiro atoms. The normalized spacial score (nSPS) is 11.4. The highest BCUT2D eigenvalue weighted by Gasteiger charge is 2.34. The highest BCUT2D eigenvalue weighted by atomic mass is 35.5. The molecule has 0 aliphatic heterocycles. The number of carbonyl (C=O) groups is 1. The fourth-order valence-electron chi connectivity index (χ4n) is 3.25. The Morgan fingerprint density at radius 3 is 2.50 bits per heavy atom. The van der Waals surface area contributed by atoms with Crippen LogP contribution >= 0.6 is 11.6 Å². The Balaban J connectivity index is 2.03. The number of hydrogen-bond acceptors (Lipinski definition) is 4. The van der Waals surface area contributed by atoms with Gasteiger partial charge in [-0.05, 0) is 25.1 Å². The van der Waals surface area contributed by atoms with Gasteiger partial charge in [-0.2, -0.15) is 13.2 Å². The van der Waals surface area contributed by atoms with Crippen molar-refractivity contribution in [3.8, 4) is 11.4 Å². The summed E-state index contributed by atoms with van der Waals surface area (Å²) in [4.78, 5) is 30.2. The molecule has 0 bridgehead atoms. The minimum absolute atomic E-state index is 0.0315. The van der Waals surface area contributed by atoms with Gasteiger partial charge < -0.3 is 10.4 Å². The van der Waals surface area contributed by atoms with Gasteiger partial charge in [0, 0.05) is 34.9 Å². The van der Waals surface area contributed by atoms with Crippen LogP contribution in [0.3, 0.4) is 0 Å². The number of benzene rings is 2. The molecule has 0 saturated carbocycles. The molecule has 2 N–H and O–H groups in total. The molecule has 3 aromatic rings. The van der Waals surface area contributed by atoms with Crippen LogP contribution in [0.4, 0.5) is 18.9 Å². The largest absolute Gasteiger partial charge is 0.418 e. The van der Waals surface area contributed by atoms with Crippen molar-refractivity contribution >= 4 is 23.2 Å². The van der Waals surface area contributed by atoms with Crippen molar-refractivity contribution in [1.29, 1.82) is 0 Å². The maximum atomic E-state index is 13.3. The zero-order chi connectivity index (χ0) is 23.5. The van der Waals surface area contributed by atoms with Crippen LogP contribution in [0.1, 0.15) is 16.8 Å². The number of rotatable bonds is 6. The van der Waals surface area contributed by atoms with E-state index in [1.165, 1.54) is 6.07 Å². The Morgan fingerprint density at radius 1 is 1.19 bits per heavy atom. The third-order valence-electron chi connectivity index (χ3n) is 4.73. The first-order chi connectivity index (χ1) is 15.1. The molecular weight excluding hydrogens is 447 g/mol. The second-order valence-corrected chi connectivity index (χ2v) is 7.40. The van der Waals surface area contributed by atoms with Gasteiger partial charge >= 0.3 is 6.18 Å². The summed E-state index contributed by atoms with van der Waals surface area (Å²) in [5.74, 6) is -0.658. The molecule has 10 heteroatoms. The van der Waals surface area contributed by atoms with E-state index in [9.17, 15) is 27.9 Å². The zero-order valence-corrected chi connectivity index (χ0v) is 17.7. The number of anilines is 1. The predicted octanol–water partition coefficient (Wildman–Crippen LogP) is 4.06. The maximum absolute atomic E-state index is 13.3. The van der Waals surface area contributed by atoms with Crippen molar-refractivity contribution in [1.82, 2.24) is 9.55 Å². The smallest absolute Gasteiger partial charge is 0.396 e. The number of nitrogens with one attached hydrogen (secondary N) is 1. The third kappa shape index (κ3) is 5.17. The molecule has 0 saturated heterocycles. The van der Waals surface area contributed by atoms with Crippen LogP contribution in [-0.2, 0) is 23.9 Å². The number of aryl methyl sites for hydroxylation is 1. The van der Waals surface area contributed by atoms with Crippen molar-refractivity contribution in [3.05, 3.63) is 80.7 Å². The van der Waals surface area contributed by atoms with Crippen LogP contribution in [0, 0.1) is 6.92 Å². The third-order valence-corrected chi connectivity index (χ3v) is 4.96. The topological polar surface area (TPSA) is 84.2 Å².